The second-order valence-corrected chi connectivity index (χ2v) is 6.84. The van der Waals surface area contributed by atoms with E-state index in [0.29, 0.717) is 16.7 Å². The van der Waals surface area contributed by atoms with Gasteiger partial charge in [-0.05, 0) is 36.4 Å². The number of nitrogens with zero attached hydrogens (tertiary/aromatic N) is 3. The van der Waals surface area contributed by atoms with Crippen LogP contribution in [0.3, 0.4) is 0 Å². The maximum atomic E-state index is 12.9. The predicted molar refractivity (Wildman–Crippen MR) is 106 cm³/mol. The van der Waals surface area contributed by atoms with Crippen LogP contribution in [0.5, 0.6) is 0 Å². The molecule has 0 aliphatic carbocycles. The van der Waals surface area contributed by atoms with Gasteiger partial charge in [-0.2, -0.15) is 0 Å². The van der Waals surface area contributed by atoms with Crippen LogP contribution in [0.1, 0.15) is 5.82 Å². The zero-order valence-electron chi connectivity index (χ0n) is 15.1. The van der Waals surface area contributed by atoms with Crippen molar-refractivity contribution in [2.45, 2.75) is 11.6 Å². The van der Waals surface area contributed by atoms with Crippen LogP contribution in [-0.4, -0.2) is 32.3 Å². The highest BCUT2D eigenvalue weighted by Gasteiger charge is 2.14. The number of aromatic nitrogens is 3. The summed E-state index contributed by atoms with van der Waals surface area (Å²) in [6, 6.07) is 14.7. The van der Waals surface area contributed by atoms with Gasteiger partial charge in [0, 0.05) is 18.4 Å². The van der Waals surface area contributed by atoms with E-state index in [4.69, 9.17) is 0 Å². The van der Waals surface area contributed by atoms with E-state index in [1.807, 2.05) is 30.3 Å². The van der Waals surface area contributed by atoms with Gasteiger partial charge in [-0.25, -0.2) is 4.39 Å². The molecule has 0 atom stereocenters. The van der Waals surface area contributed by atoms with E-state index in [9.17, 15) is 14.0 Å². The van der Waals surface area contributed by atoms with Crippen molar-refractivity contribution in [3.05, 3.63) is 66.2 Å². The second kappa shape index (κ2) is 9.14. The summed E-state index contributed by atoms with van der Waals surface area (Å²) < 4.78 is 14.6. The highest BCUT2D eigenvalue weighted by Crippen LogP contribution is 2.17. The van der Waals surface area contributed by atoms with Crippen LogP contribution < -0.4 is 10.6 Å². The lowest BCUT2D eigenvalue weighted by atomic mass is 10.3. The van der Waals surface area contributed by atoms with E-state index < -0.39 is 0 Å². The zero-order valence-corrected chi connectivity index (χ0v) is 15.9. The van der Waals surface area contributed by atoms with Crippen molar-refractivity contribution < 1.29 is 14.0 Å². The van der Waals surface area contributed by atoms with E-state index >= 15 is 0 Å². The Morgan fingerprint density at radius 2 is 1.61 bits per heavy atom. The van der Waals surface area contributed by atoms with E-state index in [1.54, 1.807) is 11.6 Å². The molecule has 0 radical (unpaired) electrons. The molecule has 3 rings (SSSR count). The third-order valence-electron chi connectivity index (χ3n) is 3.76. The summed E-state index contributed by atoms with van der Waals surface area (Å²) in [6.45, 7) is 0. The Hall–Kier alpha value is -3.20. The van der Waals surface area contributed by atoms with Crippen LogP contribution in [0.15, 0.2) is 59.8 Å². The van der Waals surface area contributed by atoms with Gasteiger partial charge in [-0.15, -0.1) is 10.2 Å². The Kier molecular flexibility index (Phi) is 6.38. The molecule has 0 spiro atoms. The van der Waals surface area contributed by atoms with Gasteiger partial charge in [0.2, 0.25) is 11.8 Å². The van der Waals surface area contributed by atoms with Crippen molar-refractivity contribution in [1.82, 2.24) is 14.8 Å². The van der Waals surface area contributed by atoms with E-state index in [1.165, 1.54) is 36.0 Å². The van der Waals surface area contributed by atoms with Crippen molar-refractivity contribution in [2.24, 2.45) is 7.05 Å². The molecule has 2 aromatic carbocycles. The van der Waals surface area contributed by atoms with Crippen LogP contribution in [0, 0.1) is 5.82 Å². The number of carbonyl (C=O) groups excluding carboxylic acids is 2. The molecule has 0 aliphatic rings. The van der Waals surface area contributed by atoms with E-state index in [0.717, 1.165) is 5.69 Å². The Labute approximate surface area is 165 Å². The number of anilines is 2. The number of amides is 2. The first-order valence-electron chi connectivity index (χ1n) is 8.42. The van der Waals surface area contributed by atoms with Gasteiger partial charge in [0.15, 0.2) is 5.16 Å². The molecular weight excluding hydrogens is 381 g/mol. The van der Waals surface area contributed by atoms with Gasteiger partial charge in [-0.1, -0.05) is 30.0 Å². The summed E-state index contributed by atoms with van der Waals surface area (Å²) in [5, 5.41) is 14.0. The normalized spacial score (nSPS) is 10.5. The molecule has 0 bridgehead atoms. The van der Waals surface area contributed by atoms with Crippen molar-refractivity contribution in [1.29, 1.82) is 0 Å². The van der Waals surface area contributed by atoms with Gasteiger partial charge < -0.3 is 15.2 Å². The summed E-state index contributed by atoms with van der Waals surface area (Å²) in [5.41, 5.74) is 1.23. The van der Waals surface area contributed by atoms with Crippen LogP contribution in [0.4, 0.5) is 15.8 Å². The van der Waals surface area contributed by atoms with Gasteiger partial charge in [-0.3, -0.25) is 9.59 Å². The van der Waals surface area contributed by atoms with Gasteiger partial charge in [0.05, 0.1) is 12.2 Å². The topological polar surface area (TPSA) is 88.9 Å². The highest BCUT2D eigenvalue weighted by atomic mass is 32.2. The standard InChI is InChI=1S/C19H18FN5O2S/c1-25-16(11-17(26)21-15-9-7-13(20)8-10-15)23-24-19(25)28-12-18(27)22-14-5-3-2-4-6-14/h2-10H,11-12H2,1H3,(H,21,26)(H,22,27). The Balaban J connectivity index is 1.52. The SMILES string of the molecule is Cn1c(CC(=O)Nc2ccc(F)cc2)nnc1SCC(=O)Nc1ccccc1. The van der Waals surface area contributed by atoms with Crippen molar-refractivity contribution in [3.63, 3.8) is 0 Å². The van der Waals surface area contributed by atoms with Crippen molar-refractivity contribution in [2.75, 3.05) is 16.4 Å². The van der Waals surface area contributed by atoms with E-state index in [2.05, 4.69) is 20.8 Å². The third kappa shape index (κ3) is 5.40. The molecule has 0 saturated carbocycles. The summed E-state index contributed by atoms with van der Waals surface area (Å²) in [5.74, 6) is -0.187. The zero-order chi connectivity index (χ0) is 19.9. The molecule has 0 aliphatic heterocycles. The number of benzene rings is 2. The Morgan fingerprint density at radius 3 is 2.32 bits per heavy atom. The molecule has 2 N–H and O–H groups in total. The number of carbonyl (C=O) groups is 2. The first-order chi connectivity index (χ1) is 13.5. The summed E-state index contributed by atoms with van der Waals surface area (Å²) in [6.07, 6.45) is 0.0116. The lowest BCUT2D eigenvalue weighted by molar-refractivity contribution is -0.116. The molecular formula is C19H18FN5O2S. The lowest BCUT2D eigenvalue weighted by Gasteiger charge is -2.06. The number of hydrogen-bond acceptors (Lipinski definition) is 5. The summed E-state index contributed by atoms with van der Waals surface area (Å²) in [7, 11) is 1.73. The summed E-state index contributed by atoms with van der Waals surface area (Å²) in [4.78, 5) is 24.2. The molecule has 0 saturated heterocycles. The fourth-order valence-electron chi connectivity index (χ4n) is 2.36. The van der Waals surface area contributed by atoms with Crippen LogP contribution >= 0.6 is 11.8 Å². The maximum Gasteiger partial charge on any atom is 0.234 e. The van der Waals surface area contributed by atoms with Gasteiger partial charge in [0.1, 0.15) is 11.6 Å². The highest BCUT2D eigenvalue weighted by molar-refractivity contribution is 7.99. The molecule has 9 heteroatoms. The van der Waals surface area contributed by atoms with Crippen LogP contribution in [0.2, 0.25) is 0 Å². The molecule has 0 fully saturated rings. The average Bonchev–Trinajstić information content (AvgIpc) is 3.02. The Morgan fingerprint density at radius 1 is 0.964 bits per heavy atom. The van der Waals surface area contributed by atoms with Crippen molar-refractivity contribution in [3.8, 4) is 0 Å². The number of nitrogens with one attached hydrogen (secondary N) is 2. The molecule has 3 aromatic rings. The minimum Gasteiger partial charge on any atom is -0.326 e. The first kappa shape index (κ1) is 19.6. The van der Waals surface area contributed by atoms with Gasteiger partial charge in [0.25, 0.3) is 0 Å². The van der Waals surface area contributed by atoms with Gasteiger partial charge >= 0.3 is 0 Å². The third-order valence-corrected chi connectivity index (χ3v) is 4.78. The van der Waals surface area contributed by atoms with Crippen LogP contribution in [0.25, 0.3) is 0 Å². The molecule has 28 heavy (non-hydrogen) atoms. The minimum atomic E-state index is -0.371. The minimum absolute atomic E-state index is 0.0116. The van der Waals surface area contributed by atoms with Crippen LogP contribution in [-0.2, 0) is 23.1 Å². The second-order valence-electron chi connectivity index (χ2n) is 5.89. The van der Waals surface area contributed by atoms with E-state index in [-0.39, 0.29) is 29.8 Å². The molecule has 2 amide bonds. The molecule has 0 unspecified atom stereocenters. The number of thioether (sulfide) groups is 1. The fraction of sp³-hybridized carbons (Fsp3) is 0.158. The molecule has 7 nitrogen and oxygen atoms in total. The smallest absolute Gasteiger partial charge is 0.234 e. The quantitative estimate of drug-likeness (QED) is 0.597. The first-order valence-corrected chi connectivity index (χ1v) is 9.41. The predicted octanol–water partition coefficient (Wildman–Crippen LogP) is 2.87. The average molecular weight is 399 g/mol. The number of rotatable bonds is 7. The monoisotopic (exact) mass is 399 g/mol. The molecule has 144 valence electrons. The molecule has 1 aromatic heterocycles. The largest absolute Gasteiger partial charge is 0.326 e. The summed E-state index contributed by atoms with van der Waals surface area (Å²) >= 11 is 1.23. The number of halogens is 1. The lowest BCUT2D eigenvalue weighted by Crippen LogP contribution is -2.17. The number of hydrogen-bond donors (Lipinski definition) is 2. The number of para-hydroxylation sites is 1. The maximum absolute atomic E-state index is 12.9. The Bertz CT molecular complexity index is 960. The van der Waals surface area contributed by atoms with Crippen molar-refractivity contribution >= 4 is 35.0 Å². The fourth-order valence-corrected chi connectivity index (χ4v) is 3.09. The molecule has 1 heterocycles.